The minimum absolute atomic E-state index is 0.408. The molecule has 33 heavy (non-hydrogen) atoms. The van der Waals surface area contributed by atoms with E-state index in [0.29, 0.717) is 5.56 Å². The summed E-state index contributed by atoms with van der Waals surface area (Å²) in [4.78, 5) is 5.23. The molecule has 0 unspecified atom stereocenters. The number of thiophene rings is 2. The molecule has 2 aromatic heterocycles. The van der Waals surface area contributed by atoms with Gasteiger partial charge in [-0.1, -0.05) is 44.2 Å². The van der Waals surface area contributed by atoms with Crippen molar-refractivity contribution in [3.05, 3.63) is 75.7 Å². The number of aliphatic imine (C=N–C) groups is 1. The molecule has 4 rings (SSSR count). The van der Waals surface area contributed by atoms with Gasteiger partial charge in [0.2, 0.25) is 0 Å². The Morgan fingerprint density at radius 2 is 1.70 bits per heavy atom. The zero-order valence-electron chi connectivity index (χ0n) is 18.3. The molecule has 2 heterocycles. The van der Waals surface area contributed by atoms with E-state index in [0.717, 1.165) is 37.6 Å². The van der Waals surface area contributed by atoms with Crippen LogP contribution in [0.25, 0.3) is 19.8 Å². The van der Waals surface area contributed by atoms with Crippen LogP contribution in [-0.2, 0) is 12.8 Å². The van der Waals surface area contributed by atoms with Gasteiger partial charge in [0.05, 0.1) is 10.0 Å². The molecule has 0 aliphatic carbocycles. The molecule has 0 amide bonds. The predicted octanol–water partition coefficient (Wildman–Crippen LogP) is 8.95. The van der Waals surface area contributed by atoms with Crippen LogP contribution >= 0.6 is 34.9 Å². The Morgan fingerprint density at radius 3 is 2.36 bits per heavy atom. The number of benzene rings is 2. The molecule has 0 radical (unpaired) electrons. The molecule has 0 aliphatic heterocycles. The molecule has 0 bridgehead atoms. The molecule has 0 aliphatic rings. The largest absolute Gasteiger partial charge is 0.204 e. The lowest BCUT2D eigenvalue weighted by atomic mass is 9.99. The molecule has 0 N–H and O–H groups in total. The first-order valence-electron chi connectivity index (χ1n) is 10.8. The van der Waals surface area contributed by atoms with Crippen molar-refractivity contribution in [3.63, 3.8) is 0 Å². The van der Waals surface area contributed by atoms with Crippen molar-refractivity contribution < 1.29 is 8.78 Å². The second kappa shape index (κ2) is 10.5. The van der Waals surface area contributed by atoms with Gasteiger partial charge in [-0.15, -0.1) is 22.7 Å². The van der Waals surface area contributed by atoms with Gasteiger partial charge in [-0.25, -0.2) is 8.78 Å². The topological polar surface area (TPSA) is 12.4 Å². The van der Waals surface area contributed by atoms with E-state index in [-0.39, 0.29) is 0 Å². The third-order valence-corrected chi connectivity index (χ3v) is 7.70. The molecule has 6 heteroatoms. The smallest absolute Gasteiger partial charge is 0.153 e. The zero-order valence-corrected chi connectivity index (χ0v) is 20.7. The number of fused-ring (bicyclic) bond motifs is 1. The van der Waals surface area contributed by atoms with E-state index in [1.807, 2.05) is 17.3 Å². The van der Waals surface area contributed by atoms with Crippen molar-refractivity contribution in [1.29, 1.82) is 0 Å². The Morgan fingerprint density at radius 1 is 0.939 bits per heavy atom. The minimum Gasteiger partial charge on any atom is -0.204 e. The van der Waals surface area contributed by atoms with Crippen LogP contribution in [0.4, 0.5) is 14.5 Å². The van der Waals surface area contributed by atoms with Crippen molar-refractivity contribution in [2.75, 3.05) is 0 Å². The number of isothiocyanates is 1. The lowest BCUT2D eigenvalue weighted by Crippen LogP contribution is -1.92. The van der Waals surface area contributed by atoms with Gasteiger partial charge >= 0.3 is 0 Å². The fourth-order valence-corrected chi connectivity index (χ4v) is 5.95. The van der Waals surface area contributed by atoms with Crippen LogP contribution in [0.15, 0.2) is 47.5 Å². The number of hydrogen-bond acceptors (Lipinski definition) is 4. The van der Waals surface area contributed by atoms with Gasteiger partial charge in [0, 0.05) is 19.8 Å². The van der Waals surface area contributed by atoms with Gasteiger partial charge in [0.15, 0.2) is 11.6 Å². The lowest BCUT2D eigenvalue weighted by molar-refractivity contribution is 0.588. The number of halogens is 2. The Hall–Kier alpha value is -2.68. The molecule has 0 saturated carbocycles. The SMILES string of the molecule is CCCCc1ccc(C#Cc2cc3sc(-c4cc(F)c(N=C=S)c(F)c4)cc3s2)c(CC)c1. The fourth-order valence-electron chi connectivity index (χ4n) is 3.63. The van der Waals surface area contributed by atoms with Gasteiger partial charge in [0.25, 0.3) is 0 Å². The minimum atomic E-state index is -0.752. The normalized spacial score (nSPS) is 10.7. The van der Waals surface area contributed by atoms with E-state index in [4.69, 9.17) is 0 Å². The molecule has 166 valence electrons. The third kappa shape index (κ3) is 5.29. The van der Waals surface area contributed by atoms with Crippen molar-refractivity contribution in [1.82, 2.24) is 0 Å². The maximum atomic E-state index is 14.2. The number of rotatable bonds is 6. The van der Waals surface area contributed by atoms with Gasteiger partial charge in [-0.2, -0.15) is 4.99 Å². The summed E-state index contributed by atoms with van der Waals surface area (Å²) in [5.41, 5.74) is 3.79. The van der Waals surface area contributed by atoms with Crippen LogP contribution in [0.2, 0.25) is 0 Å². The number of nitrogens with zero attached hydrogens (tertiary/aromatic N) is 1. The van der Waals surface area contributed by atoms with Crippen molar-refractivity contribution in [3.8, 4) is 22.3 Å². The zero-order chi connectivity index (χ0) is 23.4. The summed E-state index contributed by atoms with van der Waals surface area (Å²) in [7, 11) is 0. The number of aryl methyl sites for hydroxylation is 2. The van der Waals surface area contributed by atoms with Crippen LogP contribution in [0, 0.1) is 23.5 Å². The quantitative estimate of drug-likeness (QED) is 0.148. The van der Waals surface area contributed by atoms with Crippen LogP contribution in [0.1, 0.15) is 48.3 Å². The summed E-state index contributed by atoms with van der Waals surface area (Å²) in [5, 5.41) is 2.01. The van der Waals surface area contributed by atoms with E-state index < -0.39 is 17.3 Å². The molecule has 4 aromatic rings. The molecule has 0 spiro atoms. The number of unbranched alkanes of at least 4 members (excludes halogenated alkanes) is 1. The van der Waals surface area contributed by atoms with Crippen LogP contribution < -0.4 is 0 Å². The van der Waals surface area contributed by atoms with Crippen molar-refractivity contribution in [2.45, 2.75) is 39.5 Å². The standard InChI is InChI=1S/C27H21F2NS3/c1-3-5-6-17-7-8-19(18(4-2)11-17)9-10-21-14-25-26(32-21)15-24(33-25)20-12-22(28)27(30-16-31)23(29)13-20/h7-8,11-15H,3-6H2,1-2H3. The summed E-state index contributed by atoms with van der Waals surface area (Å²) in [6.07, 6.45) is 4.45. The summed E-state index contributed by atoms with van der Waals surface area (Å²) in [6, 6.07) is 13.1. The van der Waals surface area contributed by atoms with E-state index in [1.54, 1.807) is 11.3 Å². The highest BCUT2D eigenvalue weighted by molar-refractivity contribution is 7.78. The van der Waals surface area contributed by atoms with Gasteiger partial charge in [0.1, 0.15) is 5.69 Å². The Kier molecular flexibility index (Phi) is 7.47. The van der Waals surface area contributed by atoms with E-state index in [9.17, 15) is 8.78 Å². The maximum Gasteiger partial charge on any atom is 0.153 e. The van der Waals surface area contributed by atoms with E-state index in [2.05, 4.69) is 61.1 Å². The summed E-state index contributed by atoms with van der Waals surface area (Å²) in [6.45, 7) is 4.37. The second-order valence-corrected chi connectivity index (χ2v) is 9.99. The van der Waals surface area contributed by atoms with E-state index in [1.165, 1.54) is 47.4 Å². The van der Waals surface area contributed by atoms with Gasteiger partial charge < -0.3 is 0 Å². The molecule has 0 fully saturated rings. The first-order chi connectivity index (χ1) is 16.0. The average molecular weight is 494 g/mol. The highest BCUT2D eigenvalue weighted by Crippen LogP contribution is 2.39. The molecular weight excluding hydrogens is 473 g/mol. The van der Waals surface area contributed by atoms with Gasteiger partial charge in [-0.3, -0.25) is 0 Å². The number of hydrogen-bond donors (Lipinski definition) is 0. The molecule has 2 aromatic carbocycles. The Labute approximate surface area is 205 Å². The van der Waals surface area contributed by atoms with Crippen molar-refractivity contribution >= 4 is 55.1 Å². The Balaban J connectivity index is 1.59. The molecule has 0 atom stereocenters. The summed E-state index contributed by atoms with van der Waals surface area (Å²) < 4.78 is 30.5. The average Bonchev–Trinajstić information content (AvgIpc) is 3.38. The highest BCUT2D eigenvalue weighted by Gasteiger charge is 2.14. The first kappa shape index (κ1) is 23.5. The van der Waals surface area contributed by atoms with E-state index >= 15 is 0 Å². The van der Waals surface area contributed by atoms with Crippen LogP contribution in [0.5, 0.6) is 0 Å². The summed E-state index contributed by atoms with van der Waals surface area (Å²) in [5.74, 6) is 5.13. The molecular formula is C27H21F2NS3. The predicted molar refractivity (Wildman–Crippen MR) is 140 cm³/mol. The molecule has 0 saturated heterocycles. The maximum absolute atomic E-state index is 14.2. The lowest BCUT2D eigenvalue weighted by Gasteiger charge is -2.06. The Bertz CT molecular complexity index is 1370. The van der Waals surface area contributed by atoms with Crippen LogP contribution in [-0.4, -0.2) is 5.16 Å². The van der Waals surface area contributed by atoms with Crippen molar-refractivity contribution in [2.24, 2.45) is 4.99 Å². The van der Waals surface area contributed by atoms with Crippen LogP contribution in [0.3, 0.4) is 0 Å². The highest BCUT2D eigenvalue weighted by atomic mass is 32.1. The third-order valence-electron chi connectivity index (χ3n) is 5.36. The monoisotopic (exact) mass is 493 g/mol. The number of thiocarbonyl (C=S) groups is 1. The molecule has 1 nitrogen and oxygen atoms in total. The van der Waals surface area contributed by atoms with Gasteiger partial charge in [-0.05, 0) is 78.5 Å². The summed E-state index contributed by atoms with van der Waals surface area (Å²) >= 11 is 7.53. The fraction of sp³-hybridized carbons (Fsp3) is 0.222. The first-order valence-corrected chi connectivity index (χ1v) is 12.8. The second-order valence-electron chi connectivity index (χ2n) is 7.64.